The zero-order chi connectivity index (χ0) is 20.9. The minimum Gasteiger partial charge on any atom is -0.490 e. The van der Waals surface area contributed by atoms with Crippen molar-refractivity contribution in [2.75, 3.05) is 13.1 Å². The highest BCUT2D eigenvalue weighted by molar-refractivity contribution is 7.71. The molecule has 1 aliphatic carbocycles. The van der Waals surface area contributed by atoms with Gasteiger partial charge in [0.2, 0.25) is 5.91 Å². The lowest BCUT2D eigenvalue weighted by Gasteiger charge is -2.31. The summed E-state index contributed by atoms with van der Waals surface area (Å²) in [6.45, 7) is 4.49. The molecule has 2 fully saturated rings. The van der Waals surface area contributed by atoms with Crippen molar-refractivity contribution in [3.63, 3.8) is 0 Å². The molecule has 0 bridgehead atoms. The van der Waals surface area contributed by atoms with E-state index >= 15 is 0 Å². The molecule has 0 unspecified atom stereocenters. The Hall–Kier alpha value is -2.15. The van der Waals surface area contributed by atoms with E-state index in [4.69, 9.17) is 17.0 Å². The molecule has 1 aromatic carbocycles. The average molecular weight is 429 g/mol. The number of ether oxygens (including phenoxy) is 1. The lowest BCUT2D eigenvalue weighted by molar-refractivity contribution is -0.132. The Morgan fingerprint density at radius 2 is 2.00 bits per heavy atom. The summed E-state index contributed by atoms with van der Waals surface area (Å²) < 4.78 is 8.85. The van der Waals surface area contributed by atoms with Crippen molar-refractivity contribution in [1.82, 2.24) is 19.7 Å². The molecule has 1 saturated carbocycles. The Kier molecular flexibility index (Phi) is 6.87. The molecule has 2 aliphatic rings. The first-order valence-corrected chi connectivity index (χ1v) is 11.7. The second-order valence-electron chi connectivity index (χ2n) is 8.46. The van der Waals surface area contributed by atoms with Crippen LogP contribution in [0.4, 0.5) is 0 Å². The van der Waals surface area contributed by atoms with Gasteiger partial charge in [-0.1, -0.05) is 12.1 Å². The second-order valence-corrected chi connectivity index (χ2v) is 8.84. The molecular weight excluding hydrogens is 396 g/mol. The SMILES string of the molecule is CCn1c(C2CCN(C(=O)CCc3cccc(OC4CCCC4)c3)CC2)n[nH]c1=S. The fraction of sp³-hybridized carbons (Fsp3) is 0.609. The predicted molar refractivity (Wildman–Crippen MR) is 119 cm³/mol. The number of nitrogens with zero attached hydrogens (tertiary/aromatic N) is 3. The first kappa shape index (κ1) is 21.1. The van der Waals surface area contributed by atoms with E-state index in [0.29, 0.717) is 23.2 Å². The summed E-state index contributed by atoms with van der Waals surface area (Å²) in [4.78, 5) is 14.8. The maximum Gasteiger partial charge on any atom is 0.222 e. The number of likely N-dealkylation sites (tertiary alicyclic amines) is 1. The first-order chi connectivity index (χ1) is 14.6. The Bertz CT molecular complexity index is 908. The lowest BCUT2D eigenvalue weighted by atomic mass is 9.95. The maximum absolute atomic E-state index is 12.8. The molecular formula is C23H32N4O2S. The van der Waals surface area contributed by atoms with Crippen LogP contribution in [0.15, 0.2) is 24.3 Å². The van der Waals surface area contributed by atoms with Crippen molar-refractivity contribution in [3.05, 3.63) is 40.4 Å². The Labute approximate surface area is 183 Å². The molecule has 2 aromatic rings. The second kappa shape index (κ2) is 9.77. The molecule has 1 saturated heterocycles. The molecule has 4 rings (SSSR count). The number of amides is 1. The number of hydrogen-bond acceptors (Lipinski definition) is 4. The molecule has 162 valence electrons. The molecule has 0 atom stereocenters. The van der Waals surface area contributed by atoms with E-state index in [1.807, 2.05) is 17.0 Å². The van der Waals surface area contributed by atoms with Gasteiger partial charge in [0.1, 0.15) is 11.6 Å². The number of nitrogens with one attached hydrogen (secondary N) is 1. The molecule has 30 heavy (non-hydrogen) atoms. The summed E-state index contributed by atoms with van der Waals surface area (Å²) in [6.07, 6.45) is 8.39. The monoisotopic (exact) mass is 428 g/mol. The first-order valence-electron chi connectivity index (χ1n) is 11.3. The van der Waals surface area contributed by atoms with Crippen molar-refractivity contribution in [2.24, 2.45) is 0 Å². The van der Waals surface area contributed by atoms with Gasteiger partial charge in [0.15, 0.2) is 4.77 Å². The number of carbonyl (C=O) groups is 1. The van der Waals surface area contributed by atoms with Crippen LogP contribution in [0.5, 0.6) is 5.75 Å². The van der Waals surface area contributed by atoms with Crippen LogP contribution in [-0.4, -0.2) is 44.8 Å². The van der Waals surface area contributed by atoms with Crippen molar-refractivity contribution in [2.45, 2.75) is 76.9 Å². The Balaban J connectivity index is 1.26. The summed E-state index contributed by atoms with van der Waals surface area (Å²) >= 11 is 5.31. The average Bonchev–Trinajstić information content (AvgIpc) is 3.41. The minimum atomic E-state index is 0.241. The molecule has 1 aliphatic heterocycles. The number of hydrogen-bond donors (Lipinski definition) is 1. The quantitative estimate of drug-likeness (QED) is 0.654. The molecule has 0 spiro atoms. The van der Waals surface area contributed by atoms with Gasteiger partial charge >= 0.3 is 0 Å². The number of piperidine rings is 1. The highest BCUT2D eigenvalue weighted by atomic mass is 32.1. The van der Waals surface area contributed by atoms with Crippen LogP contribution in [0.3, 0.4) is 0 Å². The summed E-state index contributed by atoms with van der Waals surface area (Å²) in [5, 5.41) is 7.34. The van der Waals surface area contributed by atoms with E-state index in [1.165, 1.54) is 18.4 Å². The van der Waals surface area contributed by atoms with E-state index in [2.05, 4.69) is 33.8 Å². The third-order valence-electron chi connectivity index (χ3n) is 6.45. The van der Waals surface area contributed by atoms with E-state index in [0.717, 1.165) is 63.3 Å². The van der Waals surface area contributed by atoms with E-state index < -0.39 is 0 Å². The van der Waals surface area contributed by atoms with Gasteiger partial charge in [0.05, 0.1) is 6.10 Å². The van der Waals surface area contributed by atoms with Crippen LogP contribution in [-0.2, 0) is 17.8 Å². The van der Waals surface area contributed by atoms with Gasteiger partial charge < -0.3 is 14.2 Å². The number of H-pyrrole nitrogens is 1. The number of aromatic amines is 1. The van der Waals surface area contributed by atoms with E-state index in [-0.39, 0.29) is 5.91 Å². The number of aryl methyl sites for hydroxylation is 1. The summed E-state index contributed by atoms with van der Waals surface area (Å²) in [7, 11) is 0. The van der Waals surface area contributed by atoms with Crippen LogP contribution < -0.4 is 4.74 Å². The van der Waals surface area contributed by atoms with Crippen LogP contribution in [0.1, 0.15) is 69.2 Å². The zero-order valence-corrected chi connectivity index (χ0v) is 18.6. The van der Waals surface area contributed by atoms with E-state index in [9.17, 15) is 4.79 Å². The Morgan fingerprint density at radius 3 is 2.73 bits per heavy atom. The van der Waals surface area contributed by atoms with Crippen LogP contribution >= 0.6 is 12.2 Å². The molecule has 0 radical (unpaired) electrons. The van der Waals surface area contributed by atoms with Gasteiger partial charge in [-0.25, -0.2) is 0 Å². The maximum atomic E-state index is 12.8. The minimum absolute atomic E-state index is 0.241. The van der Waals surface area contributed by atoms with Crippen LogP contribution in [0, 0.1) is 4.77 Å². The van der Waals surface area contributed by atoms with Gasteiger partial charge in [-0.05, 0) is 81.8 Å². The largest absolute Gasteiger partial charge is 0.490 e. The topological polar surface area (TPSA) is 63.1 Å². The van der Waals surface area contributed by atoms with Gasteiger partial charge in [0.25, 0.3) is 0 Å². The van der Waals surface area contributed by atoms with Crippen molar-refractivity contribution >= 4 is 18.1 Å². The lowest BCUT2D eigenvalue weighted by Crippen LogP contribution is -2.38. The van der Waals surface area contributed by atoms with Crippen molar-refractivity contribution in [1.29, 1.82) is 0 Å². The number of benzene rings is 1. The van der Waals surface area contributed by atoms with Crippen LogP contribution in [0.2, 0.25) is 0 Å². The smallest absolute Gasteiger partial charge is 0.222 e. The zero-order valence-electron chi connectivity index (χ0n) is 17.8. The van der Waals surface area contributed by atoms with Gasteiger partial charge in [-0.3, -0.25) is 9.89 Å². The van der Waals surface area contributed by atoms with Crippen molar-refractivity contribution < 1.29 is 9.53 Å². The standard InChI is InChI=1S/C23H32N4O2S/c1-2-27-22(24-25-23(27)30)18-12-14-26(15-13-18)21(28)11-10-17-6-5-9-20(16-17)29-19-7-3-4-8-19/h5-6,9,16,18-19H,2-4,7-8,10-15H2,1H3,(H,25,30). The van der Waals surface area contributed by atoms with E-state index in [1.54, 1.807) is 0 Å². The number of aromatic nitrogens is 3. The van der Waals surface area contributed by atoms with Gasteiger partial charge in [-0.15, -0.1) is 0 Å². The highest BCUT2D eigenvalue weighted by Crippen LogP contribution is 2.28. The summed E-state index contributed by atoms with van der Waals surface area (Å²) in [5.74, 6) is 2.59. The summed E-state index contributed by atoms with van der Waals surface area (Å²) in [6, 6.07) is 8.26. The Morgan fingerprint density at radius 1 is 1.23 bits per heavy atom. The molecule has 2 heterocycles. The molecule has 1 N–H and O–H groups in total. The van der Waals surface area contributed by atoms with Crippen LogP contribution in [0.25, 0.3) is 0 Å². The normalized spacial score (nSPS) is 18.1. The molecule has 6 nitrogen and oxygen atoms in total. The predicted octanol–water partition coefficient (Wildman–Crippen LogP) is 4.62. The highest BCUT2D eigenvalue weighted by Gasteiger charge is 2.26. The fourth-order valence-corrected chi connectivity index (χ4v) is 4.98. The third kappa shape index (κ3) is 4.94. The van der Waals surface area contributed by atoms with Gasteiger partial charge in [-0.2, -0.15) is 5.10 Å². The van der Waals surface area contributed by atoms with Crippen molar-refractivity contribution in [3.8, 4) is 5.75 Å². The number of carbonyl (C=O) groups excluding carboxylic acids is 1. The number of rotatable bonds is 7. The van der Waals surface area contributed by atoms with Gasteiger partial charge in [0, 0.05) is 32.0 Å². The molecule has 7 heteroatoms. The molecule has 1 aromatic heterocycles. The summed E-state index contributed by atoms with van der Waals surface area (Å²) in [5.41, 5.74) is 1.17. The third-order valence-corrected chi connectivity index (χ3v) is 6.76. The molecule has 1 amide bonds. The fourth-order valence-electron chi connectivity index (χ4n) is 4.72.